The Morgan fingerprint density at radius 3 is 2.05 bits per heavy atom. The number of benzene rings is 4. The second-order valence-corrected chi connectivity index (χ2v) is 8.81. The Bertz CT molecular complexity index is 1280. The van der Waals surface area contributed by atoms with Crippen molar-refractivity contribution < 1.29 is 14.3 Å². The average Bonchev–Trinajstić information content (AvgIpc) is 2.94. The number of ether oxygens (including phenoxy) is 2. The van der Waals surface area contributed by atoms with Crippen molar-refractivity contribution >= 4 is 35.3 Å². The molecule has 0 radical (unpaired) electrons. The van der Waals surface area contributed by atoms with Crippen LogP contribution in [0.5, 0.6) is 11.5 Å². The summed E-state index contributed by atoms with van der Waals surface area (Å²) in [6.07, 6.45) is 3.13. The number of aryl methyl sites for hydroxylation is 1. The summed E-state index contributed by atoms with van der Waals surface area (Å²) in [5.41, 5.74) is 4.22. The van der Waals surface area contributed by atoms with Gasteiger partial charge >= 0.3 is 0 Å². The number of carbonyl (C=O) groups is 1. The van der Waals surface area contributed by atoms with Crippen LogP contribution in [0.3, 0.4) is 0 Å². The van der Waals surface area contributed by atoms with Gasteiger partial charge in [0.25, 0.3) is 0 Å². The molecule has 0 fully saturated rings. The van der Waals surface area contributed by atoms with E-state index in [9.17, 15) is 4.79 Å². The van der Waals surface area contributed by atoms with Gasteiger partial charge in [-0.15, -0.1) is 12.6 Å². The van der Waals surface area contributed by atoms with Crippen molar-refractivity contribution in [2.75, 3.05) is 7.11 Å². The van der Waals surface area contributed by atoms with Crippen LogP contribution in [0, 0.1) is 6.92 Å². The average molecular weight is 531 g/mol. The highest BCUT2D eigenvalue weighted by Gasteiger charge is 2.05. The van der Waals surface area contributed by atoms with Crippen LogP contribution in [0.4, 0.5) is 0 Å². The van der Waals surface area contributed by atoms with Crippen molar-refractivity contribution in [2.45, 2.75) is 59.5 Å². The van der Waals surface area contributed by atoms with Crippen molar-refractivity contribution in [3.63, 3.8) is 0 Å². The van der Waals surface area contributed by atoms with Gasteiger partial charge in [0, 0.05) is 15.8 Å². The lowest BCUT2D eigenvalue weighted by Crippen LogP contribution is -1.96. The summed E-state index contributed by atoms with van der Waals surface area (Å²) < 4.78 is 11.0. The highest BCUT2D eigenvalue weighted by Crippen LogP contribution is 2.29. The molecule has 0 bridgehead atoms. The van der Waals surface area contributed by atoms with Gasteiger partial charge in [-0.2, -0.15) is 0 Å². The fraction of sp³-hybridized carbons (Fsp3) is 0.265. The molecule has 0 atom stereocenters. The van der Waals surface area contributed by atoms with Crippen molar-refractivity contribution in [2.24, 2.45) is 0 Å². The van der Waals surface area contributed by atoms with E-state index in [1.165, 1.54) is 29.9 Å². The largest absolute Gasteiger partial charge is 0.496 e. The minimum absolute atomic E-state index is 0.0293. The Balaban J connectivity index is 0.000000361. The zero-order chi connectivity index (χ0) is 28.5. The first kappa shape index (κ1) is 32.5. The molecule has 0 aliphatic carbocycles. The first-order chi connectivity index (χ1) is 18.3. The van der Waals surface area contributed by atoms with Gasteiger partial charge in [0.15, 0.2) is 5.78 Å². The number of Topliss-reactive ketones (excluding diaryl/α,β-unsaturated/α-hetero) is 1. The molecule has 0 amide bonds. The van der Waals surface area contributed by atoms with E-state index in [0.717, 1.165) is 21.6 Å². The van der Waals surface area contributed by atoms with Crippen LogP contribution in [0.2, 0.25) is 0 Å². The molecule has 202 valence electrons. The molecule has 38 heavy (non-hydrogen) atoms. The molecule has 4 heteroatoms. The third-order valence-electron chi connectivity index (χ3n) is 5.24. The van der Waals surface area contributed by atoms with Gasteiger partial charge in [-0.3, -0.25) is 4.79 Å². The fourth-order valence-electron chi connectivity index (χ4n) is 3.34. The van der Waals surface area contributed by atoms with Crippen LogP contribution in [-0.4, -0.2) is 12.9 Å². The lowest BCUT2D eigenvalue weighted by Gasteiger charge is -2.11. The van der Waals surface area contributed by atoms with E-state index >= 15 is 0 Å². The number of hydrogen-bond acceptors (Lipinski definition) is 4. The first-order valence-electron chi connectivity index (χ1n) is 13.0. The van der Waals surface area contributed by atoms with Gasteiger partial charge in [-0.1, -0.05) is 113 Å². The van der Waals surface area contributed by atoms with Gasteiger partial charge in [0.1, 0.15) is 18.1 Å². The Labute approximate surface area is 234 Å². The third-order valence-corrected chi connectivity index (χ3v) is 5.61. The van der Waals surface area contributed by atoms with Crippen LogP contribution in [-0.2, 0) is 6.61 Å². The minimum Gasteiger partial charge on any atom is -0.496 e. The molecule has 4 aromatic rings. The zero-order valence-corrected chi connectivity index (χ0v) is 24.8. The molecule has 0 aliphatic heterocycles. The number of hydrogen-bond donors (Lipinski definition) is 1. The Kier molecular flexibility index (Phi) is 15.3. The van der Waals surface area contributed by atoms with E-state index in [0.29, 0.717) is 17.9 Å². The molecule has 4 rings (SSSR count). The van der Waals surface area contributed by atoms with Crippen molar-refractivity contribution in [1.29, 1.82) is 0 Å². The maximum Gasteiger partial charge on any atom is 0.159 e. The van der Waals surface area contributed by atoms with E-state index in [2.05, 4.69) is 82.4 Å². The molecule has 0 N–H and O–H groups in total. The molecule has 0 saturated heterocycles. The highest BCUT2D eigenvalue weighted by atomic mass is 32.1. The molecule has 0 aliphatic rings. The summed E-state index contributed by atoms with van der Waals surface area (Å²) in [7, 11) is 1.55. The number of methoxy groups -OCH3 is 1. The molecule has 0 spiro atoms. The number of thiol groups is 1. The second kappa shape index (κ2) is 17.9. The SMILES string of the molecule is C=Cc1ccc(OCc2ccc(C)cc2)c2ccccc12.CC.CCC.COc1cc(C(C)=O)ccc1S. The molecule has 0 aromatic heterocycles. The fourth-order valence-corrected chi connectivity index (χ4v) is 3.57. The second-order valence-electron chi connectivity index (χ2n) is 8.33. The molecular weight excluding hydrogens is 488 g/mol. The summed E-state index contributed by atoms with van der Waals surface area (Å²) >= 11 is 4.16. The monoisotopic (exact) mass is 530 g/mol. The molecule has 0 heterocycles. The summed E-state index contributed by atoms with van der Waals surface area (Å²) in [6.45, 7) is 16.3. The van der Waals surface area contributed by atoms with Gasteiger partial charge in [-0.05, 0) is 48.6 Å². The normalized spacial score (nSPS) is 9.47. The van der Waals surface area contributed by atoms with Gasteiger partial charge in [0.2, 0.25) is 0 Å². The lowest BCUT2D eigenvalue weighted by atomic mass is 10.0. The third kappa shape index (κ3) is 10.1. The molecular formula is C34H42O3S. The van der Waals surface area contributed by atoms with Crippen molar-refractivity contribution in [1.82, 2.24) is 0 Å². The maximum atomic E-state index is 10.9. The summed E-state index contributed by atoms with van der Waals surface area (Å²) in [6, 6.07) is 25.9. The zero-order valence-electron chi connectivity index (χ0n) is 23.9. The predicted octanol–water partition coefficient (Wildman–Crippen LogP) is 10.00. The predicted molar refractivity (Wildman–Crippen MR) is 167 cm³/mol. The first-order valence-corrected chi connectivity index (χ1v) is 13.5. The van der Waals surface area contributed by atoms with Crippen LogP contribution < -0.4 is 9.47 Å². The number of ketones is 1. The topological polar surface area (TPSA) is 35.5 Å². The van der Waals surface area contributed by atoms with E-state index in [1.54, 1.807) is 25.3 Å². The summed E-state index contributed by atoms with van der Waals surface area (Å²) in [5, 5.41) is 2.30. The van der Waals surface area contributed by atoms with Gasteiger partial charge in [0.05, 0.1) is 7.11 Å². The minimum atomic E-state index is 0.0293. The smallest absolute Gasteiger partial charge is 0.159 e. The van der Waals surface area contributed by atoms with Crippen molar-refractivity contribution in [3.05, 3.63) is 108 Å². The highest BCUT2D eigenvalue weighted by molar-refractivity contribution is 7.80. The van der Waals surface area contributed by atoms with Crippen LogP contribution in [0.15, 0.2) is 90.3 Å². The van der Waals surface area contributed by atoms with Crippen molar-refractivity contribution in [3.8, 4) is 11.5 Å². The van der Waals surface area contributed by atoms with E-state index < -0.39 is 0 Å². The van der Waals surface area contributed by atoms with E-state index in [1.807, 2.05) is 38.1 Å². The standard InChI is InChI=1S/C20H18O.C9H10O2S.C3H8.C2H6/c1-3-17-12-13-20(19-7-5-4-6-18(17)19)21-14-16-10-8-15(2)9-11-16;1-6(10)7-3-4-9(12)8(5-7)11-2;1-3-2;1-2/h3-13H,1,14H2,2H3;3-5,12H,1-2H3;3H2,1-2H3;1-2H3. The maximum absolute atomic E-state index is 10.9. The molecule has 0 saturated carbocycles. The Morgan fingerprint density at radius 2 is 1.50 bits per heavy atom. The number of rotatable bonds is 6. The van der Waals surface area contributed by atoms with Gasteiger partial charge < -0.3 is 9.47 Å². The van der Waals surface area contributed by atoms with E-state index in [-0.39, 0.29) is 5.78 Å². The summed E-state index contributed by atoms with van der Waals surface area (Å²) in [5.74, 6) is 1.57. The van der Waals surface area contributed by atoms with Crippen LogP contribution in [0.1, 0.15) is 68.1 Å². The lowest BCUT2D eigenvalue weighted by molar-refractivity contribution is 0.101. The quantitative estimate of drug-likeness (QED) is 0.199. The van der Waals surface area contributed by atoms with E-state index in [4.69, 9.17) is 9.47 Å². The van der Waals surface area contributed by atoms with Crippen LogP contribution >= 0.6 is 12.6 Å². The molecule has 3 nitrogen and oxygen atoms in total. The summed E-state index contributed by atoms with van der Waals surface area (Å²) in [4.78, 5) is 11.7. The Morgan fingerprint density at radius 1 is 0.895 bits per heavy atom. The Hall–Kier alpha value is -3.50. The molecule has 0 unspecified atom stereocenters. The van der Waals surface area contributed by atoms with Gasteiger partial charge in [-0.25, -0.2) is 0 Å². The number of carbonyl (C=O) groups excluding carboxylic acids is 1. The number of fused-ring (bicyclic) bond motifs is 1. The molecule has 4 aromatic carbocycles. The van der Waals surface area contributed by atoms with Crippen LogP contribution in [0.25, 0.3) is 16.8 Å².